The third-order valence-electron chi connectivity index (χ3n) is 5.61. The van der Waals surface area contributed by atoms with E-state index in [1.807, 2.05) is 0 Å². The SMILES string of the molecule is CC(C)[C@H](NC(=O)OC(C)(C)C)C(=O)O[C@@H]1CO[C@H]2[C@@H]1OC[C@H]2OC(=O)CCC[C@@H](CO[N+](=O)[O-])O[N+](=O)[O-]. The maximum absolute atomic E-state index is 12.8. The first-order valence-corrected chi connectivity index (χ1v) is 12.4. The van der Waals surface area contributed by atoms with E-state index in [0.717, 1.165) is 0 Å². The number of rotatable bonds is 14. The molecule has 0 aromatic rings. The Labute approximate surface area is 223 Å². The fraction of sp³-hybridized carbons (Fsp3) is 0.864. The van der Waals surface area contributed by atoms with E-state index in [1.54, 1.807) is 34.6 Å². The molecule has 39 heavy (non-hydrogen) atoms. The summed E-state index contributed by atoms with van der Waals surface area (Å²) in [5, 5.41) is 21.1. The molecular weight excluding hydrogens is 530 g/mol. The van der Waals surface area contributed by atoms with Crippen molar-refractivity contribution in [1.29, 1.82) is 0 Å². The number of nitrogens with zero attached hydrogens (tertiary/aromatic N) is 2. The van der Waals surface area contributed by atoms with Crippen LogP contribution in [0.2, 0.25) is 0 Å². The van der Waals surface area contributed by atoms with E-state index in [2.05, 4.69) is 15.0 Å². The predicted octanol–water partition coefficient (Wildman–Crippen LogP) is 1.11. The van der Waals surface area contributed by atoms with E-state index in [9.17, 15) is 34.6 Å². The van der Waals surface area contributed by atoms with Gasteiger partial charge in [-0.05, 0) is 39.5 Å². The summed E-state index contributed by atoms with van der Waals surface area (Å²) >= 11 is 0. The minimum absolute atomic E-state index is 0.0112. The highest BCUT2D eigenvalue weighted by molar-refractivity contribution is 5.82. The van der Waals surface area contributed by atoms with Gasteiger partial charge in [0.15, 0.2) is 12.2 Å². The zero-order valence-electron chi connectivity index (χ0n) is 22.4. The molecule has 0 bridgehead atoms. The molecule has 2 aliphatic rings. The summed E-state index contributed by atoms with van der Waals surface area (Å²) in [6, 6.07) is -0.979. The van der Waals surface area contributed by atoms with E-state index >= 15 is 0 Å². The van der Waals surface area contributed by atoms with Crippen LogP contribution in [0.3, 0.4) is 0 Å². The summed E-state index contributed by atoms with van der Waals surface area (Å²) in [5.41, 5.74) is -0.748. The molecule has 0 aromatic heterocycles. The second-order valence-electron chi connectivity index (χ2n) is 10.3. The van der Waals surface area contributed by atoms with E-state index in [-0.39, 0.29) is 38.4 Å². The van der Waals surface area contributed by atoms with Crippen molar-refractivity contribution in [3.05, 3.63) is 20.2 Å². The van der Waals surface area contributed by atoms with Crippen molar-refractivity contribution >= 4 is 18.0 Å². The first kappa shape index (κ1) is 31.7. The Morgan fingerprint density at radius 1 is 1.00 bits per heavy atom. The maximum Gasteiger partial charge on any atom is 0.408 e. The van der Waals surface area contributed by atoms with Gasteiger partial charge in [-0.15, -0.1) is 20.2 Å². The largest absolute Gasteiger partial charge is 0.457 e. The molecule has 1 amide bonds. The van der Waals surface area contributed by atoms with E-state index in [1.165, 1.54) is 0 Å². The summed E-state index contributed by atoms with van der Waals surface area (Å²) in [6.45, 7) is 7.87. The van der Waals surface area contributed by atoms with Crippen LogP contribution < -0.4 is 5.32 Å². The van der Waals surface area contributed by atoms with Crippen LogP contribution in [-0.4, -0.2) is 90.2 Å². The summed E-state index contributed by atoms with van der Waals surface area (Å²) in [4.78, 5) is 66.5. The monoisotopic (exact) mass is 565 g/mol. The lowest BCUT2D eigenvalue weighted by Gasteiger charge is -2.26. The molecule has 2 aliphatic heterocycles. The summed E-state index contributed by atoms with van der Waals surface area (Å²) < 4.78 is 27.5. The minimum atomic E-state index is -1.23. The average Bonchev–Trinajstić information content (AvgIpc) is 3.37. The average molecular weight is 566 g/mol. The van der Waals surface area contributed by atoms with Crippen molar-refractivity contribution in [3.63, 3.8) is 0 Å². The number of hydrogen-bond donors (Lipinski definition) is 1. The molecule has 2 heterocycles. The van der Waals surface area contributed by atoms with Gasteiger partial charge >= 0.3 is 18.0 Å². The van der Waals surface area contributed by atoms with Crippen LogP contribution >= 0.6 is 0 Å². The molecule has 0 aliphatic carbocycles. The second-order valence-corrected chi connectivity index (χ2v) is 10.3. The molecule has 0 aromatic carbocycles. The number of amides is 1. The summed E-state index contributed by atoms with van der Waals surface area (Å²) in [7, 11) is 0. The Hall–Kier alpha value is -3.47. The summed E-state index contributed by atoms with van der Waals surface area (Å²) in [5.74, 6) is -1.64. The van der Waals surface area contributed by atoms with E-state index in [4.69, 9.17) is 23.7 Å². The van der Waals surface area contributed by atoms with Gasteiger partial charge in [-0.2, -0.15) is 0 Å². The topological polar surface area (TPSA) is 214 Å². The van der Waals surface area contributed by atoms with Crippen LogP contribution in [0.1, 0.15) is 53.9 Å². The fourth-order valence-corrected chi connectivity index (χ4v) is 3.92. The van der Waals surface area contributed by atoms with Gasteiger partial charge in [0.05, 0.1) is 13.2 Å². The Morgan fingerprint density at radius 3 is 2.10 bits per heavy atom. The Balaban J connectivity index is 1.83. The molecule has 17 nitrogen and oxygen atoms in total. The van der Waals surface area contributed by atoms with Gasteiger partial charge in [0, 0.05) is 6.42 Å². The first-order valence-electron chi connectivity index (χ1n) is 12.4. The van der Waals surface area contributed by atoms with Crippen molar-refractivity contribution in [1.82, 2.24) is 5.32 Å². The van der Waals surface area contributed by atoms with Crippen LogP contribution in [0.15, 0.2) is 0 Å². The molecule has 0 saturated carbocycles. The van der Waals surface area contributed by atoms with Crippen molar-refractivity contribution < 1.29 is 57.9 Å². The molecular formula is C22H35N3O14. The highest BCUT2D eigenvalue weighted by Crippen LogP contribution is 2.31. The highest BCUT2D eigenvalue weighted by Gasteiger charge is 2.51. The number of esters is 2. The van der Waals surface area contributed by atoms with Gasteiger partial charge in [0.1, 0.15) is 36.6 Å². The molecule has 17 heteroatoms. The second kappa shape index (κ2) is 14.1. The van der Waals surface area contributed by atoms with Crippen LogP contribution in [0.5, 0.6) is 0 Å². The molecule has 0 spiro atoms. The van der Waals surface area contributed by atoms with Crippen molar-refractivity contribution in [2.45, 2.75) is 96.0 Å². The molecule has 0 radical (unpaired) electrons. The third-order valence-corrected chi connectivity index (χ3v) is 5.61. The van der Waals surface area contributed by atoms with Crippen molar-refractivity contribution in [2.75, 3.05) is 19.8 Å². The standard InChI is InChI=1S/C22H35N3O14/c1-12(2)17(23-21(28)38-22(3,4)5)20(27)37-15-11-34-18-14(10-33-19(15)18)36-16(26)8-6-7-13(39-25(31)32)9-35-24(29)30/h12-15,17-19H,6-11H2,1-5H3,(H,23,28)/t13-,14+,15+,17-,18+,19+/m0/s1. The van der Waals surface area contributed by atoms with Crippen LogP contribution in [0, 0.1) is 26.1 Å². The Kier molecular flexibility index (Phi) is 11.5. The van der Waals surface area contributed by atoms with Gasteiger partial charge in [-0.25, -0.2) is 9.59 Å². The summed E-state index contributed by atoms with van der Waals surface area (Å²) in [6.07, 6.45) is -5.11. The van der Waals surface area contributed by atoms with Gasteiger partial charge in [-0.3, -0.25) is 4.79 Å². The predicted molar refractivity (Wildman–Crippen MR) is 126 cm³/mol. The van der Waals surface area contributed by atoms with Gasteiger partial charge in [0.2, 0.25) is 0 Å². The van der Waals surface area contributed by atoms with Crippen LogP contribution in [0.4, 0.5) is 4.79 Å². The third kappa shape index (κ3) is 10.7. The van der Waals surface area contributed by atoms with Crippen molar-refractivity contribution in [2.24, 2.45) is 5.92 Å². The highest BCUT2D eigenvalue weighted by atomic mass is 17.0. The quantitative estimate of drug-likeness (QED) is 0.135. The van der Waals surface area contributed by atoms with E-state index in [0.29, 0.717) is 0 Å². The number of fused-ring (bicyclic) bond motifs is 1. The number of carbonyl (C=O) groups is 3. The lowest BCUT2D eigenvalue weighted by atomic mass is 10.0. The zero-order valence-corrected chi connectivity index (χ0v) is 22.4. The number of hydrogen-bond acceptors (Lipinski definition) is 14. The number of carbonyl (C=O) groups excluding carboxylic acids is 3. The smallest absolute Gasteiger partial charge is 0.408 e. The van der Waals surface area contributed by atoms with Gasteiger partial charge in [0.25, 0.3) is 10.2 Å². The number of nitrogens with one attached hydrogen (secondary N) is 1. The Morgan fingerprint density at radius 2 is 1.59 bits per heavy atom. The lowest BCUT2D eigenvalue weighted by molar-refractivity contribution is -0.790. The van der Waals surface area contributed by atoms with Gasteiger partial charge in [-0.1, -0.05) is 13.8 Å². The van der Waals surface area contributed by atoms with E-state index < -0.39 is 77.0 Å². The number of alkyl carbamates (subject to hydrolysis) is 1. The maximum atomic E-state index is 12.8. The van der Waals surface area contributed by atoms with Crippen LogP contribution in [0.25, 0.3) is 0 Å². The molecule has 2 saturated heterocycles. The van der Waals surface area contributed by atoms with Crippen LogP contribution in [-0.2, 0) is 42.9 Å². The molecule has 2 fully saturated rings. The fourth-order valence-electron chi connectivity index (χ4n) is 3.92. The zero-order chi connectivity index (χ0) is 29.3. The van der Waals surface area contributed by atoms with Gasteiger partial charge < -0.3 is 38.7 Å². The normalized spacial score (nSPS) is 23.7. The Bertz CT molecular complexity index is 892. The minimum Gasteiger partial charge on any atom is -0.457 e. The molecule has 6 atom stereocenters. The molecule has 1 N–H and O–H groups in total. The van der Waals surface area contributed by atoms with Crippen molar-refractivity contribution in [3.8, 4) is 0 Å². The number of ether oxygens (including phenoxy) is 5. The molecule has 0 unspecified atom stereocenters. The molecule has 222 valence electrons. The lowest BCUT2D eigenvalue weighted by Crippen LogP contribution is -2.49. The first-order chi connectivity index (χ1) is 18.2. The molecule has 2 rings (SSSR count).